The smallest absolute Gasteiger partial charge is 0.255 e. The molecule has 1 amide bonds. The van der Waals surface area contributed by atoms with Crippen LogP contribution in [0.3, 0.4) is 0 Å². The third-order valence-corrected chi connectivity index (χ3v) is 5.00. The number of methoxy groups -OCH3 is 1. The minimum atomic E-state index is -0.533. The lowest BCUT2D eigenvalue weighted by Crippen LogP contribution is -2.37. The summed E-state index contributed by atoms with van der Waals surface area (Å²) in [5.41, 5.74) is 1.10. The lowest BCUT2D eigenvalue weighted by Gasteiger charge is -2.20. The molecule has 4 rings (SSSR count). The summed E-state index contributed by atoms with van der Waals surface area (Å²) in [6.07, 6.45) is 2.98. The molecule has 10 heteroatoms. The van der Waals surface area contributed by atoms with Crippen LogP contribution in [0.1, 0.15) is 22.2 Å². The zero-order valence-electron chi connectivity index (χ0n) is 16.1. The van der Waals surface area contributed by atoms with Gasteiger partial charge in [0.15, 0.2) is 0 Å². The van der Waals surface area contributed by atoms with Crippen molar-refractivity contribution in [2.45, 2.75) is 12.6 Å². The van der Waals surface area contributed by atoms with Crippen LogP contribution in [0.4, 0.5) is 0 Å². The Morgan fingerprint density at radius 1 is 1.30 bits per heavy atom. The summed E-state index contributed by atoms with van der Waals surface area (Å²) in [7, 11) is 1.47. The van der Waals surface area contributed by atoms with Crippen molar-refractivity contribution in [3.8, 4) is 17.1 Å². The van der Waals surface area contributed by atoms with Crippen LogP contribution in [-0.2, 0) is 6.54 Å². The number of benzene rings is 1. The van der Waals surface area contributed by atoms with Crippen LogP contribution in [0.5, 0.6) is 5.75 Å². The van der Waals surface area contributed by atoms with Crippen molar-refractivity contribution in [1.82, 2.24) is 30.2 Å². The number of ether oxygens (including phenoxy) is 1. The molecule has 0 saturated heterocycles. The molecule has 0 spiro atoms. The van der Waals surface area contributed by atoms with E-state index in [0.29, 0.717) is 53.2 Å². The molecule has 3 aromatic rings. The van der Waals surface area contributed by atoms with Crippen LogP contribution in [0, 0.1) is 0 Å². The lowest BCUT2D eigenvalue weighted by molar-refractivity contribution is 0.0931. The molecule has 9 nitrogen and oxygen atoms in total. The Balaban J connectivity index is 1.71. The lowest BCUT2D eigenvalue weighted by atomic mass is 10.1. The Morgan fingerprint density at radius 3 is 2.93 bits per heavy atom. The first kappa shape index (κ1) is 20.0. The molecule has 1 unspecified atom stereocenters. The van der Waals surface area contributed by atoms with Crippen LogP contribution in [0.15, 0.2) is 47.7 Å². The van der Waals surface area contributed by atoms with Gasteiger partial charge in [-0.05, 0) is 24.3 Å². The van der Waals surface area contributed by atoms with E-state index in [2.05, 4.69) is 25.6 Å². The van der Waals surface area contributed by atoms with Gasteiger partial charge in [-0.3, -0.25) is 14.2 Å². The van der Waals surface area contributed by atoms with Gasteiger partial charge in [0, 0.05) is 36.9 Å². The van der Waals surface area contributed by atoms with E-state index < -0.39 is 6.04 Å². The molecule has 1 aliphatic heterocycles. The van der Waals surface area contributed by atoms with Gasteiger partial charge in [-0.25, -0.2) is 15.0 Å². The molecule has 1 atom stereocenters. The van der Waals surface area contributed by atoms with Crippen molar-refractivity contribution in [3.05, 3.63) is 69.6 Å². The van der Waals surface area contributed by atoms with Crippen molar-refractivity contribution in [3.63, 3.8) is 0 Å². The quantitative estimate of drug-likeness (QED) is 0.649. The monoisotopic (exact) mass is 426 g/mol. The van der Waals surface area contributed by atoms with Gasteiger partial charge in [0.05, 0.1) is 30.1 Å². The van der Waals surface area contributed by atoms with Crippen molar-refractivity contribution < 1.29 is 9.53 Å². The highest BCUT2D eigenvalue weighted by Crippen LogP contribution is 2.24. The van der Waals surface area contributed by atoms with Gasteiger partial charge in [0.2, 0.25) is 0 Å². The summed E-state index contributed by atoms with van der Waals surface area (Å²) in [4.78, 5) is 38.4. The van der Waals surface area contributed by atoms with E-state index >= 15 is 0 Å². The van der Waals surface area contributed by atoms with E-state index in [1.807, 2.05) is 0 Å². The molecule has 2 N–H and O–H groups in total. The predicted octanol–water partition coefficient (Wildman–Crippen LogP) is 1.44. The van der Waals surface area contributed by atoms with E-state index in [0.717, 1.165) is 0 Å². The summed E-state index contributed by atoms with van der Waals surface area (Å²) in [5, 5.41) is 6.65. The molecule has 0 aliphatic carbocycles. The summed E-state index contributed by atoms with van der Waals surface area (Å²) < 4.78 is 6.84. The molecule has 1 aliphatic rings. The van der Waals surface area contributed by atoms with E-state index in [-0.39, 0.29) is 11.5 Å². The van der Waals surface area contributed by atoms with E-state index in [1.54, 1.807) is 35.0 Å². The Labute approximate surface area is 177 Å². The van der Waals surface area contributed by atoms with Crippen molar-refractivity contribution in [2.24, 2.45) is 0 Å². The average molecular weight is 427 g/mol. The van der Waals surface area contributed by atoms with Gasteiger partial charge >= 0.3 is 0 Å². The molecule has 0 radical (unpaired) electrons. The zero-order chi connectivity index (χ0) is 21.1. The molecular formula is C20H19ClN6O3. The second-order valence-electron chi connectivity index (χ2n) is 6.66. The maximum absolute atomic E-state index is 13.0. The van der Waals surface area contributed by atoms with Gasteiger partial charge in [0.25, 0.3) is 11.5 Å². The summed E-state index contributed by atoms with van der Waals surface area (Å²) >= 11 is 5.99. The number of hydrogen-bond donors (Lipinski definition) is 2. The molecule has 1 aromatic carbocycles. The second-order valence-corrected chi connectivity index (χ2v) is 7.10. The third kappa shape index (κ3) is 4.03. The van der Waals surface area contributed by atoms with Crippen molar-refractivity contribution in [1.29, 1.82) is 0 Å². The number of hydrogen-bond acceptors (Lipinski definition) is 7. The Kier molecular flexibility index (Phi) is 5.73. The number of halogens is 1. The first-order chi connectivity index (χ1) is 14.6. The molecule has 154 valence electrons. The first-order valence-corrected chi connectivity index (χ1v) is 9.68. The number of carbonyl (C=O) groups excluding carboxylic acids is 1. The minimum Gasteiger partial charge on any atom is -0.496 e. The Hall–Kier alpha value is -3.30. The van der Waals surface area contributed by atoms with Gasteiger partial charge < -0.3 is 15.4 Å². The number of aromatic nitrogens is 4. The van der Waals surface area contributed by atoms with Crippen molar-refractivity contribution in [2.75, 3.05) is 20.2 Å². The molecule has 0 saturated carbocycles. The first-order valence-electron chi connectivity index (χ1n) is 9.30. The molecular weight excluding hydrogens is 408 g/mol. The molecule has 0 bridgehead atoms. The normalized spacial score (nSPS) is 15.7. The summed E-state index contributed by atoms with van der Waals surface area (Å²) in [6, 6.07) is 7.38. The highest BCUT2D eigenvalue weighted by molar-refractivity contribution is 6.30. The maximum Gasteiger partial charge on any atom is 0.255 e. The van der Waals surface area contributed by atoms with Crippen LogP contribution >= 0.6 is 11.6 Å². The van der Waals surface area contributed by atoms with Gasteiger partial charge in [-0.1, -0.05) is 11.6 Å². The highest BCUT2D eigenvalue weighted by Gasteiger charge is 2.25. The van der Waals surface area contributed by atoms with Gasteiger partial charge in [-0.15, -0.1) is 0 Å². The van der Waals surface area contributed by atoms with Crippen LogP contribution in [0.25, 0.3) is 11.4 Å². The molecule has 3 heterocycles. The van der Waals surface area contributed by atoms with E-state index in [9.17, 15) is 9.59 Å². The average Bonchev–Trinajstić information content (AvgIpc) is 2.96. The largest absolute Gasteiger partial charge is 0.496 e. The Bertz CT molecular complexity index is 1140. The van der Waals surface area contributed by atoms with E-state index in [1.165, 1.54) is 19.5 Å². The Morgan fingerprint density at radius 2 is 2.17 bits per heavy atom. The standard InChI is InChI=1S/C20H19ClN6O3/c1-30-17-8-12(21)2-3-13(17)20(29)26-16-10-22-6-7-27-18(28)9-15(25-19(16)27)14-4-5-23-11-24-14/h2-5,8-9,11,16,22H,6-7,10H2,1H3,(H,26,29). The SMILES string of the molecule is COc1cc(Cl)ccc1C(=O)NC1CNCCn2c1nc(-c1ccncn1)cc2=O. The number of nitrogens with zero attached hydrogens (tertiary/aromatic N) is 4. The van der Waals surface area contributed by atoms with Crippen molar-refractivity contribution >= 4 is 17.5 Å². The zero-order valence-corrected chi connectivity index (χ0v) is 16.9. The predicted molar refractivity (Wildman–Crippen MR) is 111 cm³/mol. The summed E-state index contributed by atoms with van der Waals surface area (Å²) in [5.74, 6) is 0.467. The summed E-state index contributed by atoms with van der Waals surface area (Å²) in [6.45, 7) is 1.45. The number of carbonyl (C=O) groups is 1. The minimum absolute atomic E-state index is 0.208. The van der Waals surface area contributed by atoms with Crippen LogP contribution in [0.2, 0.25) is 5.02 Å². The second kappa shape index (κ2) is 8.60. The van der Waals surface area contributed by atoms with Gasteiger partial charge in [-0.2, -0.15) is 0 Å². The number of amides is 1. The fraction of sp³-hybridized carbons (Fsp3) is 0.250. The molecule has 30 heavy (non-hydrogen) atoms. The van der Waals surface area contributed by atoms with E-state index in [4.69, 9.17) is 16.3 Å². The third-order valence-electron chi connectivity index (χ3n) is 4.77. The topological polar surface area (TPSA) is 111 Å². The maximum atomic E-state index is 13.0. The fourth-order valence-corrected chi connectivity index (χ4v) is 3.48. The number of rotatable bonds is 4. The van der Waals surface area contributed by atoms with Crippen LogP contribution in [-0.4, -0.2) is 45.6 Å². The molecule has 0 fully saturated rings. The van der Waals surface area contributed by atoms with Gasteiger partial charge in [0.1, 0.15) is 17.9 Å². The van der Waals surface area contributed by atoms with Crippen LogP contribution < -0.4 is 20.9 Å². The number of fused-ring (bicyclic) bond motifs is 1. The molecule has 2 aromatic heterocycles. The fourth-order valence-electron chi connectivity index (χ4n) is 3.32. The highest BCUT2D eigenvalue weighted by atomic mass is 35.5. The number of nitrogens with one attached hydrogen (secondary N) is 2.